The van der Waals surface area contributed by atoms with E-state index in [1.54, 1.807) is 19.6 Å². The monoisotopic (exact) mass is 891 g/mol. The number of carbonyl (C=O) groups excluding carboxylic acids is 3. The van der Waals surface area contributed by atoms with Gasteiger partial charge >= 0.3 is 0 Å². The van der Waals surface area contributed by atoms with Crippen LogP contribution in [0.4, 0.5) is 0 Å². The van der Waals surface area contributed by atoms with Crippen LogP contribution in [0.25, 0.3) is 16.6 Å². The number of aromatic nitrogens is 2. The van der Waals surface area contributed by atoms with Gasteiger partial charge < -0.3 is 9.64 Å². The van der Waals surface area contributed by atoms with Crippen molar-refractivity contribution in [2.24, 2.45) is 0 Å². The molecule has 0 bridgehead atoms. The molecule has 7 aliphatic heterocycles. The Hall–Kier alpha value is -4.67. The van der Waals surface area contributed by atoms with E-state index in [1.165, 1.54) is 17.5 Å². The van der Waals surface area contributed by atoms with Crippen LogP contribution in [0.3, 0.4) is 0 Å². The lowest BCUT2D eigenvalue weighted by molar-refractivity contribution is -0.136. The van der Waals surface area contributed by atoms with Gasteiger partial charge in [-0.3, -0.25) is 34.0 Å². The van der Waals surface area contributed by atoms with Crippen molar-refractivity contribution in [2.75, 3.05) is 45.9 Å². The number of ether oxygens (including phenoxy) is 1. The average molecular weight is 892 g/mol. The first-order valence-electron chi connectivity index (χ1n) is 22.8. The zero-order valence-electron chi connectivity index (χ0n) is 35.1. The number of carbonyl (C=O) groups is 3. The molecule has 328 valence electrons. The number of rotatable bonds is 5. The number of likely N-dealkylation sites (tertiary alicyclic amines) is 1. The molecule has 5 fully saturated rings. The second-order valence-electron chi connectivity index (χ2n) is 19.3. The van der Waals surface area contributed by atoms with E-state index in [1.807, 2.05) is 24.3 Å². The summed E-state index contributed by atoms with van der Waals surface area (Å²) in [5.74, 6) is 0.940. The maximum atomic E-state index is 14.0. The van der Waals surface area contributed by atoms with Crippen molar-refractivity contribution in [3.05, 3.63) is 97.5 Å². The van der Waals surface area contributed by atoms with Crippen LogP contribution in [-0.2, 0) is 37.2 Å². The van der Waals surface area contributed by atoms with Crippen LogP contribution in [0.15, 0.2) is 53.3 Å². The summed E-state index contributed by atoms with van der Waals surface area (Å²) in [5.41, 5.74) is 5.97. The Balaban J connectivity index is 0.686. The van der Waals surface area contributed by atoms with Crippen LogP contribution < -0.4 is 15.6 Å². The minimum atomic E-state index is -3.63. The van der Waals surface area contributed by atoms with Crippen LogP contribution in [0, 0.1) is 0 Å². The van der Waals surface area contributed by atoms with Crippen molar-refractivity contribution in [1.29, 1.82) is 0 Å². The number of halogens is 1. The molecule has 14 nitrogen and oxygen atoms in total. The van der Waals surface area contributed by atoms with Gasteiger partial charge in [0.25, 0.3) is 21.7 Å². The highest BCUT2D eigenvalue weighted by Crippen LogP contribution is 2.53. The Kier molecular flexibility index (Phi) is 9.13. The molecule has 8 heterocycles. The van der Waals surface area contributed by atoms with Crippen LogP contribution in [0.5, 0.6) is 5.75 Å². The van der Waals surface area contributed by atoms with Crippen molar-refractivity contribution in [1.82, 2.24) is 33.3 Å². The first kappa shape index (κ1) is 39.9. The topological polar surface area (TPSA) is 154 Å². The Morgan fingerprint density at radius 1 is 0.841 bits per heavy atom. The number of benzene rings is 3. The summed E-state index contributed by atoms with van der Waals surface area (Å²) in [4.78, 5) is 60.0. The number of hydrogen-bond donors (Lipinski definition) is 1. The molecule has 63 heavy (non-hydrogen) atoms. The Bertz CT molecular complexity index is 2820. The molecule has 12 rings (SSSR count). The average Bonchev–Trinajstić information content (AvgIpc) is 3.88. The van der Waals surface area contributed by atoms with Gasteiger partial charge in [0.2, 0.25) is 11.8 Å². The molecule has 1 N–H and O–H groups in total. The fraction of sp³-hybridized carbons (Fsp3) is 0.511. The van der Waals surface area contributed by atoms with E-state index in [9.17, 15) is 27.6 Å². The summed E-state index contributed by atoms with van der Waals surface area (Å²) in [5, 5.41) is 3.27. The van der Waals surface area contributed by atoms with Crippen LogP contribution in [-0.4, -0.2) is 112 Å². The molecule has 1 saturated carbocycles. The molecule has 16 heteroatoms. The molecular weight excluding hydrogens is 842 g/mol. The highest BCUT2D eigenvalue weighted by atomic mass is 35.5. The minimum absolute atomic E-state index is 0.193. The standard InChI is InChI=1S/C47H50ClN7O7S/c48-35-5-4-6-37-40(35)43(58)50-45-47(15-2-1-3-16-47)34-23-29(7-10-36(34)55(37)45)28-13-19-51(20-14-28)30-24-53(25-30)63(60,61)52-21-17-46(18-22-52)27-62-41-32-26-54(38-11-12-39(56)49-42(38)57)44(59)31(32)8-9-33(41)46/h4-10,23,28,30,38H,1-3,11-22,24-27H2,(H,49,56,57)/t38-/m0/s1. The first-order valence-corrected chi connectivity index (χ1v) is 24.5. The number of nitrogens with one attached hydrogen (secondary N) is 1. The highest BCUT2D eigenvalue weighted by Gasteiger charge is 2.51. The third kappa shape index (κ3) is 5.91. The molecule has 4 aromatic rings. The van der Waals surface area contributed by atoms with Crippen LogP contribution in [0.1, 0.15) is 115 Å². The molecule has 1 aromatic heterocycles. The van der Waals surface area contributed by atoms with Gasteiger partial charge in [0.15, 0.2) is 0 Å². The van der Waals surface area contributed by atoms with E-state index in [2.05, 4.69) is 33.0 Å². The van der Waals surface area contributed by atoms with E-state index in [-0.39, 0.29) is 47.2 Å². The smallest absolute Gasteiger partial charge is 0.282 e. The number of imide groups is 1. The quantitative estimate of drug-likeness (QED) is 0.276. The summed E-state index contributed by atoms with van der Waals surface area (Å²) < 4.78 is 39.8. The Labute approximate surface area is 370 Å². The highest BCUT2D eigenvalue weighted by molar-refractivity contribution is 7.86. The zero-order valence-corrected chi connectivity index (χ0v) is 36.7. The molecule has 0 unspecified atom stereocenters. The Morgan fingerprint density at radius 3 is 2.38 bits per heavy atom. The van der Waals surface area contributed by atoms with E-state index in [4.69, 9.17) is 21.3 Å². The van der Waals surface area contributed by atoms with Crippen molar-refractivity contribution in [3.63, 3.8) is 0 Å². The lowest BCUT2D eigenvalue weighted by Gasteiger charge is -2.49. The van der Waals surface area contributed by atoms with Gasteiger partial charge in [-0.05, 0) is 99.3 Å². The van der Waals surface area contributed by atoms with Crippen LogP contribution in [0.2, 0.25) is 5.02 Å². The van der Waals surface area contributed by atoms with Crippen molar-refractivity contribution >= 4 is 50.4 Å². The molecule has 4 saturated heterocycles. The normalized spacial score (nSPS) is 24.9. The van der Waals surface area contributed by atoms with E-state index >= 15 is 0 Å². The second-order valence-corrected chi connectivity index (χ2v) is 21.6. The van der Waals surface area contributed by atoms with Gasteiger partial charge in [-0.15, -0.1) is 0 Å². The molecule has 3 amide bonds. The van der Waals surface area contributed by atoms with E-state index < -0.39 is 22.2 Å². The van der Waals surface area contributed by atoms with Crippen LogP contribution >= 0.6 is 11.6 Å². The SMILES string of the molecule is O=C1CC[C@H](N2Cc3c(ccc4c3OCC43CCN(S(=O)(=O)N4CC(N5CCC(c6ccc7c(c6)C6(CCCCC6)c6nc(=O)c8c(Cl)cccc8n6-7)CC5)C4)CC3)C2=O)C(=O)N1. The van der Waals surface area contributed by atoms with E-state index in [0.29, 0.717) is 79.7 Å². The van der Waals surface area contributed by atoms with Crippen molar-refractivity contribution in [3.8, 4) is 11.4 Å². The fourth-order valence-electron chi connectivity index (χ4n) is 12.6. The maximum absolute atomic E-state index is 14.0. The summed E-state index contributed by atoms with van der Waals surface area (Å²) in [6, 6.07) is 15.8. The number of nitrogens with zero attached hydrogens (tertiary/aromatic N) is 6. The second kappa shape index (κ2) is 14.4. The van der Waals surface area contributed by atoms with Crippen molar-refractivity contribution < 1.29 is 27.5 Å². The maximum Gasteiger partial charge on any atom is 0.282 e. The van der Waals surface area contributed by atoms with Gasteiger partial charge in [0.05, 0.1) is 40.2 Å². The molecule has 8 aliphatic rings. The third-order valence-electron chi connectivity index (χ3n) is 16.2. The molecule has 1 aliphatic carbocycles. The zero-order chi connectivity index (χ0) is 43.0. The largest absolute Gasteiger partial charge is 0.492 e. The molecule has 2 spiro atoms. The summed E-state index contributed by atoms with van der Waals surface area (Å²) in [6.07, 6.45) is 9.05. The molecule has 3 aromatic carbocycles. The predicted molar refractivity (Wildman–Crippen MR) is 235 cm³/mol. The Morgan fingerprint density at radius 2 is 1.62 bits per heavy atom. The van der Waals surface area contributed by atoms with E-state index in [0.717, 1.165) is 79.8 Å². The summed E-state index contributed by atoms with van der Waals surface area (Å²) >= 11 is 6.57. The van der Waals surface area contributed by atoms with Gasteiger partial charge in [0.1, 0.15) is 17.6 Å². The van der Waals surface area contributed by atoms with Gasteiger partial charge in [-0.25, -0.2) is 0 Å². The predicted octanol–water partition coefficient (Wildman–Crippen LogP) is 4.90. The third-order valence-corrected chi connectivity index (χ3v) is 18.5. The van der Waals surface area contributed by atoms with Gasteiger partial charge in [-0.1, -0.05) is 55.1 Å². The molecular formula is C47H50ClN7O7S. The summed E-state index contributed by atoms with van der Waals surface area (Å²) in [6.45, 7) is 4.26. The first-order chi connectivity index (χ1) is 30.5. The van der Waals surface area contributed by atoms with Gasteiger partial charge in [0, 0.05) is 60.7 Å². The number of hydrogen-bond acceptors (Lipinski definition) is 9. The lowest BCUT2D eigenvalue weighted by atomic mass is 9.69. The number of piperidine rings is 3. The lowest BCUT2D eigenvalue weighted by Crippen LogP contribution is -2.65. The fourth-order valence-corrected chi connectivity index (χ4v) is 14.5. The number of fused-ring (bicyclic) bond motifs is 11. The molecule has 1 atom stereocenters. The van der Waals surface area contributed by atoms with Gasteiger partial charge in [-0.2, -0.15) is 22.0 Å². The minimum Gasteiger partial charge on any atom is -0.492 e. The number of amides is 3. The molecule has 0 radical (unpaired) electrons. The van der Waals surface area contributed by atoms with Crippen molar-refractivity contribution in [2.45, 2.75) is 106 Å². The summed E-state index contributed by atoms with van der Waals surface area (Å²) in [7, 11) is -3.63.